The molecule has 0 atom stereocenters. The Balaban J connectivity index is 0.759. The van der Waals surface area contributed by atoms with Crippen molar-refractivity contribution in [1.29, 1.82) is 0 Å². The van der Waals surface area contributed by atoms with Crippen molar-refractivity contribution >= 4 is 99.8 Å². The number of nitrogens with zero attached hydrogens (tertiary/aromatic N) is 3. The predicted molar refractivity (Wildman–Crippen MR) is 304 cm³/mol. The van der Waals surface area contributed by atoms with Crippen LogP contribution in [0.2, 0.25) is 0 Å². The highest BCUT2D eigenvalue weighted by molar-refractivity contribution is 6.14. The summed E-state index contributed by atoms with van der Waals surface area (Å²) in [5.41, 5.74) is 9.66. The molecule has 0 saturated heterocycles. The SMILES string of the molecule is O=C(Nc1ccc(-c2ccc3c(ccc4ccccc43)n2)cc1)c1cc(C(=O)Nc2ccc(-c3ccc4c(ccc5ccccc54)n3)cc2)cc(C(=O)Nc2ccc(-c3ccc4c(ccc5ccccc54)n3)cc2)c1. The van der Waals surface area contributed by atoms with Gasteiger partial charge in [0.1, 0.15) is 0 Å². The van der Waals surface area contributed by atoms with E-state index in [0.29, 0.717) is 17.1 Å². The van der Waals surface area contributed by atoms with Gasteiger partial charge in [-0.2, -0.15) is 0 Å². The summed E-state index contributed by atoms with van der Waals surface area (Å²) in [4.78, 5) is 57.2. The molecule has 10 aromatic carbocycles. The number of aromatic nitrogens is 3. The summed E-state index contributed by atoms with van der Waals surface area (Å²) in [5, 5.41) is 19.0. The Morgan fingerprint density at radius 1 is 0.267 bits per heavy atom. The largest absolute Gasteiger partial charge is 0.322 e. The van der Waals surface area contributed by atoms with Gasteiger partial charge in [-0.1, -0.05) is 146 Å². The lowest BCUT2D eigenvalue weighted by molar-refractivity contribution is 0.102. The first-order valence-electron chi connectivity index (χ1n) is 24.6. The average Bonchev–Trinajstić information content (AvgIpc) is 3.47. The molecule has 354 valence electrons. The second-order valence-corrected chi connectivity index (χ2v) is 18.5. The highest BCUT2D eigenvalue weighted by atomic mass is 16.2. The molecule has 0 radical (unpaired) electrons. The third-order valence-electron chi connectivity index (χ3n) is 13.8. The van der Waals surface area contributed by atoms with Crippen LogP contribution in [-0.2, 0) is 0 Å². The van der Waals surface area contributed by atoms with E-state index in [1.54, 1.807) is 0 Å². The lowest BCUT2D eigenvalue weighted by atomic mass is 10.0. The van der Waals surface area contributed by atoms with Gasteiger partial charge >= 0.3 is 0 Å². The van der Waals surface area contributed by atoms with Gasteiger partial charge in [0.15, 0.2) is 0 Å². The van der Waals surface area contributed by atoms with Gasteiger partial charge in [-0.3, -0.25) is 14.4 Å². The Morgan fingerprint density at radius 2 is 0.547 bits per heavy atom. The summed E-state index contributed by atoms with van der Waals surface area (Å²) in [6, 6.07) is 76.1. The van der Waals surface area contributed by atoms with Crippen molar-refractivity contribution < 1.29 is 14.4 Å². The Kier molecular flexibility index (Phi) is 11.1. The number of fused-ring (bicyclic) bond motifs is 9. The molecule has 13 rings (SSSR count). The molecule has 0 fully saturated rings. The molecule has 3 aromatic heterocycles. The molecule has 9 heteroatoms. The second kappa shape index (κ2) is 18.7. The van der Waals surface area contributed by atoms with E-state index >= 15 is 0 Å². The third kappa shape index (κ3) is 8.70. The summed E-state index contributed by atoms with van der Waals surface area (Å²) in [6.07, 6.45) is 0. The van der Waals surface area contributed by atoms with Crippen LogP contribution in [0, 0.1) is 0 Å². The third-order valence-corrected chi connectivity index (χ3v) is 13.8. The second-order valence-electron chi connectivity index (χ2n) is 18.5. The van der Waals surface area contributed by atoms with Crippen LogP contribution in [0.25, 0.3) is 98.8 Å². The van der Waals surface area contributed by atoms with Crippen LogP contribution >= 0.6 is 0 Å². The zero-order valence-corrected chi connectivity index (χ0v) is 40.1. The number of rotatable bonds is 9. The van der Waals surface area contributed by atoms with Gasteiger partial charge in [0.05, 0.1) is 33.6 Å². The van der Waals surface area contributed by atoms with Gasteiger partial charge in [-0.05, 0) is 123 Å². The summed E-state index contributed by atoms with van der Waals surface area (Å²) in [7, 11) is 0. The summed E-state index contributed by atoms with van der Waals surface area (Å²) < 4.78 is 0. The number of benzene rings is 10. The summed E-state index contributed by atoms with van der Waals surface area (Å²) in [5.74, 6) is -1.49. The maximum absolute atomic E-state index is 14.1. The van der Waals surface area contributed by atoms with Crippen molar-refractivity contribution in [3.63, 3.8) is 0 Å². The van der Waals surface area contributed by atoms with Crippen LogP contribution in [0.1, 0.15) is 31.1 Å². The summed E-state index contributed by atoms with van der Waals surface area (Å²) in [6.45, 7) is 0. The van der Waals surface area contributed by atoms with E-state index < -0.39 is 17.7 Å². The number of amides is 3. The highest BCUT2D eigenvalue weighted by Crippen LogP contribution is 2.32. The normalized spacial score (nSPS) is 11.4. The minimum Gasteiger partial charge on any atom is -0.322 e. The quantitative estimate of drug-likeness (QED) is 0.124. The molecular formula is C66H42N6O3. The molecule has 0 aliphatic carbocycles. The van der Waals surface area contributed by atoms with Crippen LogP contribution in [0.5, 0.6) is 0 Å². The number of hydrogen-bond acceptors (Lipinski definition) is 6. The number of nitrogens with one attached hydrogen (secondary N) is 3. The Labute approximate surface area is 430 Å². The maximum atomic E-state index is 14.1. The lowest BCUT2D eigenvalue weighted by Gasteiger charge is -2.13. The molecule has 0 aliphatic heterocycles. The van der Waals surface area contributed by atoms with Crippen LogP contribution in [0.4, 0.5) is 17.1 Å². The molecule has 3 heterocycles. The Hall–Kier alpha value is -10.4. The van der Waals surface area contributed by atoms with E-state index in [1.807, 2.05) is 146 Å². The molecule has 0 aliphatic rings. The molecule has 3 amide bonds. The van der Waals surface area contributed by atoms with E-state index in [0.717, 1.165) is 98.8 Å². The maximum Gasteiger partial charge on any atom is 0.255 e. The smallest absolute Gasteiger partial charge is 0.255 e. The molecule has 0 bridgehead atoms. The fourth-order valence-corrected chi connectivity index (χ4v) is 9.94. The number of carbonyl (C=O) groups excluding carboxylic acids is 3. The van der Waals surface area contributed by atoms with Crippen molar-refractivity contribution in [2.75, 3.05) is 16.0 Å². The number of pyridine rings is 3. The topological polar surface area (TPSA) is 126 Å². The molecule has 0 spiro atoms. The van der Waals surface area contributed by atoms with Crippen molar-refractivity contribution in [2.45, 2.75) is 0 Å². The molecule has 13 aromatic rings. The first-order valence-corrected chi connectivity index (χ1v) is 24.6. The van der Waals surface area contributed by atoms with Gasteiger partial charge in [0.25, 0.3) is 17.7 Å². The van der Waals surface area contributed by atoms with E-state index in [4.69, 9.17) is 15.0 Å². The van der Waals surface area contributed by atoms with Crippen LogP contribution in [0.3, 0.4) is 0 Å². The zero-order valence-electron chi connectivity index (χ0n) is 40.1. The minimum atomic E-state index is -0.498. The van der Waals surface area contributed by atoms with E-state index in [-0.39, 0.29) is 16.7 Å². The molecular weight excluding hydrogens is 925 g/mol. The Morgan fingerprint density at radius 3 is 0.840 bits per heavy atom. The fourth-order valence-electron chi connectivity index (χ4n) is 9.94. The average molecular weight is 967 g/mol. The molecule has 0 saturated carbocycles. The van der Waals surface area contributed by atoms with E-state index in [1.165, 1.54) is 18.2 Å². The fraction of sp³-hybridized carbons (Fsp3) is 0. The molecule has 9 nitrogen and oxygen atoms in total. The van der Waals surface area contributed by atoms with Crippen molar-refractivity contribution in [3.05, 3.63) is 253 Å². The van der Waals surface area contributed by atoms with Crippen LogP contribution < -0.4 is 16.0 Å². The van der Waals surface area contributed by atoms with Gasteiger partial charge in [-0.25, -0.2) is 15.0 Å². The monoisotopic (exact) mass is 966 g/mol. The first-order chi connectivity index (χ1) is 36.8. The van der Waals surface area contributed by atoms with Crippen molar-refractivity contribution in [3.8, 4) is 33.8 Å². The zero-order chi connectivity index (χ0) is 50.4. The van der Waals surface area contributed by atoms with Crippen molar-refractivity contribution in [1.82, 2.24) is 15.0 Å². The molecule has 3 N–H and O–H groups in total. The minimum absolute atomic E-state index is 0.122. The van der Waals surface area contributed by atoms with E-state index in [2.05, 4.69) is 88.7 Å². The number of hydrogen-bond donors (Lipinski definition) is 3. The lowest BCUT2D eigenvalue weighted by Crippen LogP contribution is -2.19. The van der Waals surface area contributed by atoms with E-state index in [9.17, 15) is 14.4 Å². The van der Waals surface area contributed by atoms with Gasteiger partial charge in [-0.15, -0.1) is 0 Å². The Bertz CT molecular complexity index is 3980. The highest BCUT2D eigenvalue weighted by Gasteiger charge is 2.19. The number of anilines is 3. The standard InChI is InChI=1S/C66H42N6O3/c73-64(67-49-22-13-43(14-23-49)58-34-28-55-52-10-4-1-7-40(52)19-31-61(55)70-58)46-37-47(65(74)68-50-24-15-44(16-25-50)59-35-29-56-53-11-5-2-8-41(53)20-32-62(56)71-59)39-48(38-46)66(75)69-51-26-17-45(18-27-51)60-36-30-57-54-12-6-3-9-42(54)21-33-63(57)72-60/h1-39H,(H,67,73)(H,68,74)(H,69,75). The predicted octanol–water partition coefficient (Wildman–Crippen LogP) is 15.5. The van der Waals surface area contributed by atoms with Crippen LogP contribution in [0.15, 0.2) is 237 Å². The first kappa shape index (κ1) is 44.6. The van der Waals surface area contributed by atoms with Gasteiger partial charge < -0.3 is 16.0 Å². The molecule has 75 heavy (non-hydrogen) atoms. The van der Waals surface area contributed by atoms with Gasteiger partial charge in [0, 0.05) is 66.6 Å². The summed E-state index contributed by atoms with van der Waals surface area (Å²) >= 11 is 0. The number of carbonyl (C=O) groups is 3. The van der Waals surface area contributed by atoms with Gasteiger partial charge in [0.2, 0.25) is 0 Å². The van der Waals surface area contributed by atoms with Crippen LogP contribution in [-0.4, -0.2) is 32.7 Å². The molecule has 0 unspecified atom stereocenters. The van der Waals surface area contributed by atoms with Crippen molar-refractivity contribution in [2.24, 2.45) is 0 Å².